The van der Waals surface area contributed by atoms with E-state index in [0.717, 1.165) is 19.4 Å². The van der Waals surface area contributed by atoms with Gasteiger partial charge in [-0.1, -0.05) is 20.8 Å². The summed E-state index contributed by atoms with van der Waals surface area (Å²) in [6.45, 7) is 7.01. The fourth-order valence-corrected chi connectivity index (χ4v) is 2.10. The van der Waals surface area contributed by atoms with E-state index in [1.54, 1.807) is 0 Å². The molecule has 0 aromatic heterocycles. The number of nitrogens with one attached hydrogen (secondary N) is 2. The van der Waals surface area contributed by atoms with Crippen LogP contribution in [0.5, 0.6) is 0 Å². The monoisotopic (exact) mass is 228 g/mol. The summed E-state index contributed by atoms with van der Waals surface area (Å²) in [7, 11) is 0. The minimum atomic E-state index is -0.136. The molecule has 4 heteroatoms. The molecule has 0 radical (unpaired) electrons. The number of aliphatic hydroxyl groups is 1. The van der Waals surface area contributed by atoms with Crippen LogP contribution in [0.1, 0.15) is 33.6 Å². The molecule has 1 saturated heterocycles. The summed E-state index contributed by atoms with van der Waals surface area (Å²) >= 11 is 0. The molecule has 1 heterocycles. The fraction of sp³-hybridized carbons (Fsp3) is 0.917. The average Bonchev–Trinajstić information content (AvgIpc) is 2.25. The van der Waals surface area contributed by atoms with Gasteiger partial charge in [-0.25, -0.2) is 0 Å². The smallest absolute Gasteiger partial charge is 0.237 e. The van der Waals surface area contributed by atoms with Crippen molar-refractivity contribution in [2.24, 2.45) is 11.8 Å². The molecule has 1 amide bonds. The number of piperidine rings is 1. The van der Waals surface area contributed by atoms with Crippen molar-refractivity contribution in [1.82, 2.24) is 10.6 Å². The van der Waals surface area contributed by atoms with Gasteiger partial charge in [-0.05, 0) is 31.2 Å². The summed E-state index contributed by atoms with van der Waals surface area (Å²) in [6.07, 6.45) is 2.23. The lowest BCUT2D eigenvalue weighted by atomic mass is 9.91. The Morgan fingerprint density at radius 3 is 2.75 bits per heavy atom. The minimum Gasteiger partial charge on any atom is -0.394 e. The van der Waals surface area contributed by atoms with E-state index < -0.39 is 0 Å². The van der Waals surface area contributed by atoms with E-state index in [0.29, 0.717) is 5.92 Å². The molecule has 94 valence electrons. The molecular formula is C12H24N2O2. The first kappa shape index (κ1) is 13.5. The lowest BCUT2D eigenvalue weighted by Crippen LogP contribution is -2.54. The Hall–Kier alpha value is -0.610. The van der Waals surface area contributed by atoms with E-state index in [4.69, 9.17) is 0 Å². The summed E-state index contributed by atoms with van der Waals surface area (Å²) in [5.74, 6) is 0.660. The number of rotatable bonds is 4. The van der Waals surface area contributed by atoms with Crippen molar-refractivity contribution >= 4 is 5.91 Å². The predicted molar refractivity (Wildman–Crippen MR) is 64.0 cm³/mol. The van der Waals surface area contributed by atoms with E-state index in [1.165, 1.54) is 0 Å². The van der Waals surface area contributed by atoms with Gasteiger partial charge in [0.1, 0.15) is 0 Å². The zero-order chi connectivity index (χ0) is 12.1. The van der Waals surface area contributed by atoms with Crippen LogP contribution in [0.4, 0.5) is 0 Å². The second-order valence-corrected chi connectivity index (χ2v) is 5.09. The molecule has 1 aliphatic heterocycles. The first-order valence-electron chi connectivity index (χ1n) is 6.21. The highest BCUT2D eigenvalue weighted by Crippen LogP contribution is 2.16. The van der Waals surface area contributed by atoms with Gasteiger partial charge < -0.3 is 15.7 Å². The van der Waals surface area contributed by atoms with Crippen LogP contribution in [-0.4, -0.2) is 36.2 Å². The Morgan fingerprint density at radius 1 is 1.56 bits per heavy atom. The van der Waals surface area contributed by atoms with Crippen molar-refractivity contribution in [1.29, 1.82) is 0 Å². The minimum absolute atomic E-state index is 0.00447. The van der Waals surface area contributed by atoms with E-state index in [9.17, 15) is 9.90 Å². The summed E-state index contributed by atoms with van der Waals surface area (Å²) < 4.78 is 0. The summed E-state index contributed by atoms with van der Waals surface area (Å²) in [4.78, 5) is 12.0. The van der Waals surface area contributed by atoms with Crippen molar-refractivity contribution in [3.05, 3.63) is 0 Å². The number of amides is 1. The third-order valence-corrected chi connectivity index (χ3v) is 3.38. The van der Waals surface area contributed by atoms with Crippen LogP contribution in [0, 0.1) is 11.8 Å². The van der Waals surface area contributed by atoms with Gasteiger partial charge in [-0.3, -0.25) is 4.79 Å². The van der Waals surface area contributed by atoms with E-state index >= 15 is 0 Å². The molecule has 1 fully saturated rings. The van der Waals surface area contributed by atoms with Crippen molar-refractivity contribution in [2.45, 2.75) is 45.7 Å². The summed E-state index contributed by atoms with van der Waals surface area (Å²) in [5.41, 5.74) is 0. The normalized spacial score (nSPS) is 27.8. The SMILES string of the molecule is CC1CCCNC1C(=O)N[C@H](CO)C(C)C. The molecule has 0 bridgehead atoms. The van der Waals surface area contributed by atoms with Gasteiger partial charge in [-0.15, -0.1) is 0 Å². The standard InChI is InChI=1S/C12H24N2O2/c1-8(2)10(7-15)14-12(16)11-9(3)5-4-6-13-11/h8-11,13,15H,4-7H2,1-3H3,(H,14,16)/t9?,10-,11?/m1/s1. The van der Waals surface area contributed by atoms with Crippen molar-refractivity contribution < 1.29 is 9.90 Å². The van der Waals surface area contributed by atoms with E-state index in [2.05, 4.69) is 17.6 Å². The Balaban J connectivity index is 2.49. The number of carbonyl (C=O) groups excluding carboxylic acids is 1. The van der Waals surface area contributed by atoms with Crippen LogP contribution in [-0.2, 0) is 4.79 Å². The average molecular weight is 228 g/mol. The first-order valence-corrected chi connectivity index (χ1v) is 6.21. The van der Waals surface area contributed by atoms with Crippen molar-refractivity contribution in [3.8, 4) is 0 Å². The van der Waals surface area contributed by atoms with Gasteiger partial charge in [-0.2, -0.15) is 0 Å². The molecule has 1 rings (SSSR count). The molecule has 4 nitrogen and oxygen atoms in total. The quantitative estimate of drug-likeness (QED) is 0.657. The van der Waals surface area contributed by atoms with E-state index in [1.807, 2.05) is 13.8 Å². The topological polar surface area (TPSA) is 61.4 Å². The zero-order valence-corrected chi connectivity index (χ0v) is 10.5. The Labute approximate surface area is 97.8 Å². The van der Waals surface area contributed by atoms with Gasteiger partial charge in [0, 0.05) is 0 Å². The molecule has 0 aromatic carbocycles. The molecule has 0 aromatic rings. The van der Waals surface area contributed by atoms with Gasteiger partial charge in [0.2, 0.25) is 5.91 Å². The number of hydrogen-bond acceptors (Lipinski definition) is 3. The van der Waals surface area contributed by atoms with Crippen LogP contribution < -0.4 is 10.6 Å². The van der Waals surface area contributed by atoms with Crippen molar-refractivity contribution in [2.75, 3.05) is 13.2 Å². The molecule has 0 spiro atoms. The number of hydrogen-bond donors (Lipinski definition) is 3. The Kier molecular flexibility index (Phi) is 5.22. The highest BCUT2D eigenvalue weighted by Gasteiger charge is 2.29. The predicted octanol–water partition coefficient (Wildman–Crippen LogP) is 0.508. The van der Waals surface area contributed by atoms with Gasteiger partial charge in [0.15, 0.2) is 0 Å². The summed E-state index contributed by atoms with van der Waals surface area (Å²) in [5, 5.41) is 15.3. The van der Waals surface area contributed by atoms with E-state index in [-0.39, 0.29) is 30.5 Å². The highest BCUT2D eigenvalue weighted by molar-refractivity contribution is 5.82. The maximum Gasteiger partial charge on any atom is 0.237 e. The second kappa shape index (κ2) is 6.21. The molecule has 2 unspecified atom stereocenters. The number of carbonyl (C=O) groups is 1. The largest absolute Gasteiger partial charge is 0.394 e. The lowest BCUT2D eigenvalue weighted by molar-refractivity contribution is -0.126. The Morgan fingerprint density at radius 2 is 2.25 bits per heavy atom. The highest BCUT2D eigenvalue weighted by atomic mass is 16.3. The molecule has 0 saturated carbocycles. The van der Waals surface area contributed by atoms with Crippen LogP contribution in [0.3, 0.4) is 0 Å². The molecule has 16 heavy (non-hydrogen) atoms. The lowest BCUT2D eigenvalue weighted by Gasteiger charge is -2.31. The number of aliphatic hydroxyl groups excluding tert-OH is 1. The van der Waals surface area contributed by atoms with Gasteiger partial charge >= 0.3 is 0 Å². The van der Waals surface area contributed by atoms with Crippen LogP contribution in [0.2, 0.25) is 0 Å². The molecule has 3 atom stereocenters. The van der Waals surface area contributed by atoms with Crippen LogP contribution in [0.15, 0.2) is 0 Å². The van der Waals surface area contributed by atoms with Crippen LogP contribution in [0.25, 0.3) is 0 Å². The van der Waals surface area contributed by atoms with Gasteiger partial charge in [0.05, 0.1) is 18.7 Å². The summed E-state index contributed by atoms with van der Waals surface area (Å²) in [6, 6.07) is -0.232. The molecule has 1 aliphatic rings. The molecule has 3 N–H and O–H groups in total. The third-order valence-electron chi connectivity index (χ3n) is 3.38. The fourth-order valence-electron chi connectivity index (χ4n) is 2.10. The Bertz CT molecular complexity index is 231. The third kappa shape index (κ3) is 3.46. The maximum atomic E-state index is 12.0. The van der Waals surface area contributed by atoms with Crippen LogP contribution >= 0.6 is 0 Å². The molecular weight excluding hydrogens is 204 g/mol. The maximum absolute atomic E-state index is 12.0. The second-order valence-electron chi connectivity index (χ2n) is 5.09. The van der Waals surface area contributed by atoms with Crippen molar-refractivity contribution in [3.63, 3.8) is 0 Å². The first-order chi connectivity index (χ1) is 7.56. The van der Waals surface area contributed by atoms with Gasteiger partial charge in [0.25, 0.3) is 0 Å². The zero-order valence-electron chi connectivity index (χ0n) is 10.5. The molecule has 0 aliphatic carbocycles.